The molecule has 1 aliphatic heterocycles. The number of piperidine rings is 1. The molecule has 0 saturated carbocycles. The summed E-state index contributed by atoms with van der Waals surface area (Å²) in [6, 6.07) is 19.9. The molecule has 1 fully saturated rings. The highest BCUT2D eigenvalue weighted by Gasteiger charge is 2.25. The van der Waals surface area contributed by atoms with Gasteiger partial charge >= 0.3 is 0 Å². The monoisotopic (exact) mass is 526 g/mol. The smallest absolute Gasteiger partial charge is 0.274 e. The van der Waals surface area contributed by atoms with Gasteiger partial charge in [0.05, 0.1) is 17.4 Å². The average Bonchev–Trinajstić information content (AvgIpc) is 2.96. The molecule has 0 radical (unpaired) electrons. The van der Waals surface area contributed by atoms with Gasteiger partial charge < -0.3 is 19.7 Å². The van der Waals surface area contributed by atoms with Crippen LogP contribution in [-0.2, 0) is 0 Å². The summed E-state index contributed by atoms with van der Waals surface area (Å²) in [5, 5.41) is 2.72. The Balaban J connectivity index is 1.11. The van der Waals surface area contributed by atoms with Crippen molar-refractivity contribution in [3.05, 3.63) is 108 Å². The molecule has 0 unspecified atom stereocenters. The van der Waals surface area contributed by atoms with Gasteiger partial charge in [0, 0.05) is 38.2 Å². The molecule has 3 heterocycles. The Bertz CT molecular complexity index is 1420. The van der Waals surface area contributed by atoms with E-state index in [2.05, 4.69) is 15.3 Å². The highest BCUT2D eigenvalue weighted by Crippen LogP contribution is 2.22. The zero-order chi connectivity index (χ0) is 27.2. The molecular weight excluding hydrogens is 499 g/mol. The second-order valence-corrected chi connectivity index (χ2v) is 9.25. The van der Waals surface area contributed by atoms with Crippen molar-refractivity contribution in [1.29, 1.82) is 0 Å². The van der Waals surface area contributed by atoms with E-state index in [0.717, 1.165) is 18.6 Å². The zero-order valence-corrected chi connectivity index (χ0v) is 21.3. The number of aromatic nitrogens is 2. The molecule has 2 aromatic carbocycles. The van der Waals surface area contributed by atoms with Gasteiger partial charge in [0.15, 0.2) is 0 Å². The molecule has 0 bridgehead atoms. The summed E-state index contributed by atoms with van der Waals surface area (Å²) in [5.41, 5.74) is 2.22. The summed E-state index contributed by atoms with van der Waals surface area (Å²) < 4.78 is 24.6. The van der Waals surface area contributed by atoms with Gasteiger partial charge in [-0.1, -0.05) is 17.7 Å². The molecule has 5 rings (SSSR count). The normalized spacial score (nSPS) is 13.5. The third-order valence-corrected chi connectivity index (χ3v) is 6.33. The van der Waals surface area contributed by atoms with Gasteiger partial charge in [0.25, 0.3) is 11.8 Å². The molecule has 0 atom stereocenters. The Labute approximate surface area is 225 Å². The predicted molar refractivity (Wildman–Crippen MR) is 144 cm³/mol. The lowest BCUT2D eigenvalue weighted by Gasteiger charge is -2.32. The van der Waals surface area contributed by atoms with Crippen LogP contribution >= 0.6 is 0 Å². The van der Waals surface area contributed by atoms with E-state index in [9.17, 15) is 14.0 Å². The quantitative estimate of drug-likeness (QED) is 0.334. The lowest BCUT2D eigenvalue weighted by Crippen LogP contribution is -2.41. The topological polar surface area (TPSA) is 93.7 Å². The Hall–Kier alpha value is -4.79. The van der Waals surface area contributed by atoms with Crippen molar-refractivity contribution < 1.29 is 23.5 Å². The van der Waals surface area contributed by atoms with Crippen LogP contribution in [0.15, 0.2) is 85.2 Å². The molecule has 1 saturated heterocycles. The number of pyridine rings is 2. The zero-order valence-electron chi connectivity index (χ0n) is 21.3. The van der Waals surface area contributed by atoms with Crippen molar-refractivity contribution >= 4 is 17.5 Å². The van der Waals surface area contributed by atoms with Crippen LogP contribution in [0.1, 0.15) is 39.3 Å². The third kappa shape index (κ3) is 6.75. The maximum Gasteiger partial charge on any atom is 0.274 e. The first kappa shape index (κ1) is 25.8. The van der Waals surface area contributed by atoms with Crippen molar-refractivity contribution in [2.45, 2.75) is 25.9 Å². The average molecular weight is 527 g/mol. The summed E-state index contributed by atoms with van der Waals surface area (Å²) in [4.78, 5) is 35.7. The third-order valence-electron chi connectivity index (χ3n) is 6.33. The summed E-state index contributed by atoms with van der Waals surface area (Å²) >= 11 is 0. The Kier molecular flexibility index (Phi) is 7.77. The van der Waals surface area contributed by atoms with E-state index >= 15 is 0 Å². The van der Waals surface area contributed by atoms with Gasteiger partial charge in [-0.15, -0.1) is 0 Å². The van der Waals surface area contributed by atoms with E-state index in [-0.39, 0.29) is 23.5 Å². The lowest BCUT2D eigenvalue weighted by atomic mass is 10.1. The number of hydrogen-bond acceptors (Lipinski definition) is 6. The number of anilines is 1. The summed E-state index contributed by atoms with van der Waals surface area (Å²) in [6.45, 7) is 3.21. The van der Waals surface area contributed by atoms with Crippen LogP contribution in [0, 0.1) is 12.7 Å². The second kappa shape index (κ2) is 11.7. The molecule has 2 aromatic heterocycles. The largest absolute Gasteiger partial charge is 0.490 e. The van der Waals surface area contributed by atoms with Crippen molar-refractivity contribution in [2.24, 2.45) is 0 Å². The van der Waals surface area contributed by atoms with Gasteiger partial charge in [-0.2, -0.15) is 0 Å². The van der Waals surface area contributed by atoms with Crippen LogP contribution in [0.3, 0.4) is 0 Å². The number of nitrogens with zero attached hydrogens (tertiary/aromatic N) is 3. The molecule has 1 aliphatic rings. The number of benzene rings is 2. The highest BCUT2D eigenvalue weighted by molar-refractivity contribution is 6.03. The first-order chi connectivity index (χ1) is 18.9. The van der Waals surface area contributed by atoms with Crippen molar-refractivity contribution in [1.82, 2.24) is 14.9 Å². The predicted octanol–water partition coefficient (Wildman–Crippen LogP) is 5.65. The number of aryl methyl sites for hydroxylation is 1. The SMILES string of the molecule is Cc1ccc(OC2CCN(C(=O)c3ccc(C(=O)Nc4ccc(Oc5ccc(F)cc5)nc4)nc3)CC2)cc1. The van der Waals surface area contributed by atoms with Crippen LogP contribution in [0.2, 0.25) is 0 Å². The number of carbonyl (C=O) groups is 2. The maximum atomic E-state index is 13.0. The van der Waals surface area contributed by atoms with Crippen molar-refractivity contribution in [3.8, 4) is 17.4 Å². The number of ether oxygens (including phenoxy) is 2. The van der Waals surface area contributed by atoms with Crippen LogP contribution in [0.5, 0.6) is 17.4 Å². The van der Waals surface area contributed by atoms with Crippen molar-refractivity contribution in [3.63, 3.8) is 0 Å². The van der Waals surface area contributed by atoms with E-state index in [0.29, 0.717) is 36.0 Å². The fourth-order valence-electron chi connectivity index (χ4n) is 4.16. The summed E-state index contributed by atoms with van der Waals surface area (Å²) in [5.74, 6) is 0.671. The van der Waals surface area contributed by atoms with Gasteiger partial charge in [0.2, 0.25) is 5.88 Å². The van der Waals surface area contributed by atoms with Gasteiger partial charge in [-0.25, -0.2) is 9.37 Å². The first-order valence-electron chi connectivity index (χ1n) is 12.6. The van der Waals surface area contributed by atoms with Gasteiger partial charge in [-0.05, 0) is 61.5 Å². The molecule has 4 aromatic rings. The number of amides is 2. The molecule has 8 nitrogen and oxygen atoms in total. The molecule has 198 valence electrons. The Morgan fingerprint density at radius 1 is 0.872 bits per heavy atom. The van der Waals surface area contributed by atoms with Gasteiger partial charge in [-0.3, -0.25) is 14.6 Å². The number of hydrogen-bond donors (Lipinski definition) is 1. The number of nitrogens with one attached hydrogen (secondary N) is 1. The van der Waals surface area contributed by atoms with Crippen LogP contribution < -0.4 is 14.8 Å². The van der Waals surface area contributed by atoms with Crippen LogP contribution in [-0.4, -0.2) is 45.9 Å². The fourth-order valence-corrected chi connectivity index (χ4v) is 4.16. The Morgan fingerprint density at radius 3 is 2.23 bits per heavy atom. The number of rotatable bonds is 7. The molecular formula is C30H27FN4O4. The number of likely N-dealkylation sites (tertiary alicyclic amines) is 1. The molecule has 0 aliphatic carbocycles. The van der Waals surface area contributed by atoms with E-state index in [1.807, 2.05) is 31.2 Å². The van der Waals surface area contributed by atoms with Crippen molar-refractivity contribution in [2.75, 3.05) is 18.4 Å². The molecule has 2 amide bonds. The molecule has 1 N–H and O–H groups in total. The van der Waals surface area contributed by atoms with Gasteiger partial charge in [0.1, 0.15) is 29.1 Å². The highest BCUT2D eigenvalue weighted by atomic mass is 19.1. The fraction of sp³-hybridized carbons (Fsp3) is 0.200. The lowest BCUT2D eigenvalue weighted by molar-refractivity contribution is 0.0594. The summed E-state index contributed by atoms with van der Waals surface area (Å²) in [6.07, 6.45) is 4.43. The van der Waals surface area contributed by atoms with E-state index < -0.39 is 5.91 Å². The minimum atomic E-state index is -0.433. The van der Waals surface area contributed by atoms with Crippen LogP contribution in [0.4, 0.5) is 10.1 Å². The number of carbonyl (C=O) groups excluding carboxylic acids is 2. The van der Waals surface area contributed by atoms with E-state index in [1.165, 1.54) is 48.3 Å². The molecule has 39 heavy (non-hydrogen) atoms. The summed E-state index contributed by atoms with van der Waals surface area (Å²) in [7, 11) is 0. The standard InChI is InChI=1S/C30H27FN4O4/c1-20-2-8-24(9-3-20)38-26-14-16-35(17-15-26)30(37)21-4-12-27(32-18-21)29(36)34-23-7-13-28(33-19-23)39-25-10-5-22(31)6-11-25/h2-13,18-19,26H,14-17H2,1H3,(H,34,36). The maximum absolute atomic E-state index is 13.0. The Morgan fingerprint density at radius 2 is 1.59 bits per heavy atom. The van der Waals surface area contributed by atoms with Crippen LogP contribution in [0.25, 0.3) is 0 Å². The van der Waals surface area contributed by atoms with E-state index in [4.69, 9.17) is 9.47 Å². The number of halogens is 1. The van der Waals surface area contributed by atoms with E-state index in [1.54, 1.807) is 23.1 Å². The second-order valence-electron chi connectivity index (χ2n) is 9.25. The molecule has 0 spiro atoms. The molecule has 9 heteroatoms. The minimum Gasteiger partial charge on any atom is -0.490 e. The first-order valence-corrected chi connectivity index (χ1v) is 12.6. The minimum absolute atomic E-state index is 0.0685.